The normalized spacial score (nSPS) is 24.7. The van der Waals surface area contributed by atoms with E-state index in [0.29, 0.717) is 21.8 Å². The van der Waals surface area contributed by atoms with Gasteiger partial charge >= 0.3 is 0 Å². The molecule has 1 saturated carbocycles. The van der Waals surface area contributed by atoms with E-state index in [0.717, 1.165) is 32.3 Å². The molecule has 0 bridgehead atoms. The van der Waals surface area contributed by atoms with Gasteiger partial charge in [0.2, 0.25) is 10.0 Å². The summed E-state index contributed by atoms with van der Waals surface area (Å²) < 4.78 is 34.0. The molecule has 3 rings (SSSR count). The van der Waals surface area contributed by atoms with Gasteiger partial charge in [-0.2, -0.15) is 0 Å². The van der Waals surface area contributed by atoms with Gasteiger partial charge < -0.3 is 4.74 Å². The Morgan fingerprint density at radius 3 is 2.76 bits per heavy atom. The minimum absolute atomic E-state index is 0.0572. The van der Waals surface area contributed by atoms with Crippen LogP contribution in [0.3, 0.4) is 0 Å². The molecule has 1 spiro atoms. The lowest BCUT2D eigenvalue weighted by Gasteiger charge is -2.47. The first-order valence-corrected chi connectivity index (χ1v) is 9.67. The molecule has 1 heterocycles. The molecule has 21 heavy (non-hydrogen) atoms. The van der Waals surface area contributed by atoms with Crippen LogP contribution in [-0.2, 0) is 14.8 Å². The van der Waals surface area contributed by atoms with Crippen molar-refractivity contribution in [1.82, 2.24) is 4.72 Å². The van der Waals surface area contributed by atoms with Crippen molar-refractivity contribution in [1.29, 1.82) is 0 Å². The van der Waals surface area contributed by atoms with E-state index in [2.05, 4.69) is 20.7 Å². The van der Waals surface area contributed by atoms with Crippen LogP contribution >= 0.6 is 15.9 Å². The van der Waals surface area contributed by atoms with Gasteiger partial charge in [0.05, 0.1) is 10.5 Å². The Morgan fingerprint density at radius 1 is 1.33 bits per heavy atom. The predicted molar refractivity (Wildman–Crippen MR) is 84.6 cm³/mol. The molecule has 1 saturated heterocycles. The molecule has 6 heteroatoms. The molecule has 4 nitrogen and oxygen atoms in total. The van der Waals surface area contributed by atoms with Crippen LogP contribution in [0.2, 0.25) is 0 Å². The van der Waals surface area contributed by atoms with E-state index < -0.39 is 10.0 Å². The van der Waals surface area contributed by atoms with Gasteiger partial charge in [-0.1, -0.05) is 12.1 Å². The Labute approximate surface area is 134 Å². The fourth-order valence-electron chi connectivity index (χ4n) is 3.19. The minimum Gasteiger partial charge on any atom is -0.375 e. The summed E-state index contributed by atoms with van der Waals surface area (Å²) in [5.74, 6) is 0.372. The summed E-state index contributed by atoms with van der Waals surface area (Å²) in [6, 6.07) is 6.90. The number of benzene rings is 1. The maximum atomic E-state index is 12.4. The Balaban J connectivity index is 1.63. The van der Waals surface area contributed by atoms with Crippen molar-refractivity contribution >= 4 is 26.0 Å². The molecule has 0 amide bonds. The van der Waals surface area contributed by atoms with E-state index >= 15 is 0 Å². The van der Waals surface area contributed by atoms with Gasteiger partial charge in [-0.05, 0) is 66.1 Å². The van der Waals surface area contributed by atoms with Crippen molar-refractivity contribution in [2.45, 2.75) is 42.6 Å². The second-order valence-electron chi connectivity index (χ2n) is 6.03. The minimum atomic E-state index is -3.45. The highest BCUT2D eigenvalue weighted by atomic mass is 79.9. The van der Waals surface area contributed by atoms with E-state index in [1.807, 2.05) is 6.07 Å². The van der Waals surface area contributed by atoms with E-state index in [-0.39, 0.29) is 5.60 Å². The van der Waals surface area contributed by atoms with Gasteiger partial charge in [0.25, 0.3) is 0 Å². The van der Waals surface area contributed by atoms with Gasteiger partial charge in [0.15, 0.2) is 0 Å². The molecule has 116 valence electrons. The fourth-order valence-corrected chi connectivity index (χ4v) is 5.31. The number of sulfonamides is 1. The number of rotatable bonds is 4. The van der Waals surface area contributed by atoms with Crippen molar-refractivity contribution in [3.8, 4) is 0 Å². The van der Waals surface area contributed by atoms with Gasteiger partial charge in [0, 0.05) is 17.6 Å². The second-order valence-corrected chi connectivity index (χ2v) is 8.62. The summed E-state index contributed by atoms with van der Waals surface area (Å²) in [4.78, 5) is 0.301. The highest BCUT2D eigenvalue weighted by Crippen LogP contribution is 2.44. The molecule has 1 aromatic rings. The SMILES string of the molecule is O=S(=O)(NC[C@H]1CCOC2(CCC2)C1)c1ccccc1Br. The van der Waals surface area contributed by atoms with E-state index in [1.54, 1.807) is 18.2 Å². The first-order valence-electron chi connectivity index (χ1n) is 7.39. The first kappa shape index (κ1) is 15.5. The maximum absolute atomic E-state index is 12.4. The summed E-state index contributed by atoms with van der Waals surface area (Å²) in [6.45, 7) is 1.25. The smallest absolute Gasteiger partial charge is 0.241 e. The Morgan fingerprint density at radius 2 is 2.10 bits per heavy atom. The molecular formula is C15H20BrNO3S. The largest absolute Gasteiger partial charge is 0.375 e. The van der Waals surface area contributed by atoms with Crippen molar-refractivity contribution in [3.63, 3.8) is 0 Å². The van der Waals surface area contributed by atoms with Crippen LogP contribution in [0.15, 0.2) is 33.6 Å². The first-order chi connectivity index (χ1) is 10.0. The summed E-state index contributed by atoms with van der Waals surface area (Å²) in [7, 11) is -3.45. The average Bonchev–Trinajstić information content (AvgIpc) is 2.44. The van der Waals surface area contributed by atoms with Crippen LogP contribution < -0.4 is 4.72 Å². The summed E-state index contributed by atoms with van der Waals surface area (Å²) in [5, 5.41) is 0. The molecule has 1 aromatic carbocycles. The maximum Gasteiger partial charge on any atom is 0.241 e. The van der Waals surface area contributed by atoms with Crippen molar-refractivity contribution < 1.29 is 13.2 Å². The van der Waals surface area contributed by atoms with Crippen LogP contribution in [0.1, 0.15) is 32.1 Å². The third kappa shape index (κ3) is 3.33. The van der Waals surface area contributed by atoms with Crippen molar-refractivity contribution in [2.75, 3.05) is 13.2 Å². The summed E-state index contributed by atoms with van der Waals surface area (Å²) in [5.41, 5.74) is 0.0572. The Kier molecular flexibility index (Phi) is 4.41. The number of halogens is 1. The molecule has 2 fully saturated rings. The van der Waals surface area contributed by atoms with Crippen LogP contribution in [0.4, 0.5) is 0 Å². The molecule has 1 atom stereocenters. The number of ether oxygens (including phenoxy) is 1. The molecule has 0 unspecified atom stereocenters. The highest BCUT2D eigenvalue weighted by Gasteiger charge is 2.42. The predicted octanol–water partition coefficient (Wildman–Crippen LogP) is 3.08. The van der Waals surface area contributed by atoms with E-state index in [9.17, 15) is 8.42 Å². The summed E-state index contributed by atoms with van der Waals surface area (Å²) >= 11 is 3.30. The Bertz CT molecular complexity index is 613. The summed E-state index contributed by atoms with van der Waals surface area (Å²) in [6.07, 6.45) is 5.39. The molecule has 1 aliphatic carbocycles. The van der Waals surface area contributed by atoms with Crippen LogP contribution in [0.25, 0.3) is 0 Å². The van der Waals surface area contributed by atoms with Crippen molar-refractivity contribution in [2.24, 2.45) is 5.92 Å². The lowest BCUT2D eigenvalue weighted by atomic mass is 9.72. The highest BCUT2D eigenvalue weighted by molar-refractivity contribution is 9.10. The number of nitrogens with one attached hydrogen (secondary N) is 1. The molecule has 0 radical (unpaired) electrons. The van der Waals surface area contributed by atoms with Crippen molar-refractivity contribution in [3.05, 3.63) is 28.7 Å². The van der Waals surface area contributed by atoms with Gasteiger partial charge in [-0.15, -0.1) is 0 Å². The Hall–Kier alpha value is -0.430. The average molecular weight is 374 g/mol. The molecule has 1 N–H and O–H groups in total. The van der Waals surface area contributed by atoms with Crippen LogP contribution in [-0.4, -0.2) is 27.2 Å². The van der Waals surface area contributed by atoms with Crippen LogP contribution in [0, 0.1) is 5.92 Å². The quantitative estimate of drug-likeness (QED) is 0.881. The zero-order valence-corrected chi connectivity index (χ0v) is 14.2. The standard InChI is InChI=1S/C15H20BrNO3S/c16-13-4-1-2-5-14(13)21(18,19)17-11-12-6-9-20-15(10-12)7-3-8-15/h1-2,4-5,12,17H,3,6-11H2/t12-/m0/s1. The zero-order chi connectivity index (χ0) is 14.9. The molecular weight excluding hydrogens is 354 g/mol. The lowest BCUT2D eigenvalue weighted by Crippen LogP contribution is -2.47. The number of hydrogen-bond acceptors (Lipinski definition) is 3. The van der Waals surface area contributed by atoms with Gasteiger partial charge in [-0.3, -0.25) is 0 Å². The van der Waals surface area contributed by atoms with E-state index in [1.165, 1.54) is 6.42 Å². The second kappa shape index (κ2) is 5.99. The van der Waals surface area contributed by atoms with E-state index in [4.69, 9.17) is 4.74 Å². The molecule has 1 aliphatic heterocycles. The van der Waals surface area contributed by atoms with Gasteiger partial charge in [-0.25, -0.2) is 13.1 Å². The molecule has 0 aromatic heterocycles. The monoisotopic (exact) mass is 373 g/mol. The lowest BCUT2D eigenvalue weighted by molar-refractivity contribution is -0.142. The molecule has 2 aliphatic rings. The topological polar surface area (TPSA) is 55.4 Å². The third-order valence-corrected chi connectivity index (χ3v) is 6.98. The van der Waals surface area contributed by atoms with Crippen LogP contribution in [0.5, 0.6) is 0 Å². The van der Waals surface area contributed by atoms with Gasteiger partial charge in [0.1, 0.15) is 0 Å². The fraction of sp³-hybridized carbons (Fsp3) is 0.600. The third-order valence-electron chi connectivity index (χ3n) is 4.55. The zero-order valence-electron chi connectivity index (χ0n) is 11.8. The number of hydrogen-bond donors (Lipinski definition) is 1.